The van der Waals surface area contributed by atoms with Crippen molar-refractivity contribution in [2.24, 2.45) is 0 Å². The maximum absolute atomic E-state index is 12.3. The van der Waals surface area contributed by atoms with Crippen molar-refractivity contribution in [3.63, 3.8) is 0 Å². The van der Waals surface area contributed by atoms with Crippen LogP contribution in [-0.2, 0) is 16.0 Å². The van der Waals surface area contributed by atoms with Crippen LogP contribution in [0.15, 0.2) is 36.4 Å². The minimum Gasteiger partial charge on any atom is -0.493 e. The van der Waals surface area contributed by atoms with Gasteiger partial charge in [-0.15, -0.1) is 0 Å². The van der Waals surface area contributed by atoms with Gasteiger partial charge in [-0.1, -0.05) is 19.1 Å². The molecule has 0 aliphatic rings. The molecule has 9 nitrogen and oxygen atoms in total. The molecular formula is C19H20N2O7. The number of carbonyl (C=O) groups excluding carboxylic acids is 2. The van der Waals surface area contributed by atoms with Crippen molar-refractivity contribution in [1.29, 1.82) is 0 Å². The maximum atomic E-state index is 12.3. The van der Waals surface area contributed by atoms with Crippen LogP contribution in [0.1, 0.15) is 22.8 Å². The molecule has 0 atom stereocenters. The van der Waals surface area contributed by atoms with E-state index in [0.717, 1.165) is 24.1 Å². The lowest BCUT2D eigenvalue weighted by atomic mass is 10.1. The summed E-state index contributed by atoms with van der Waals surface area (Å²) in [7, 11) is 2.65. The van der Waals surface area contributed by atoms with Gasteiger partial charge in [-0.2, -0.15) is 0 Å². The van der Waals surface area contributed by atoms with Crippen LogP contribution in [0.5, 0.6) is 11.5 Å². The number of nitro groups is 1. The molecular weight excluding hydrogens is 368 g/mol. The molecule has 0 saturated carbocycles. The number of rotatable bonds is 8. The topological polar surface area (TPSA) is 117 Å². The first-order valence-electron chi connectivity index (χ1n) is 8.35. The molecule has 0 bridgehead atoms. The van der Waals surface area contributed by atoms with Crippen LogP contribution < -0.4 is 14.8 Å². The van der Waals surface area contributed by atoms with Gasteiger partial charge in [-0.3, -0.25) is 14.9 Å². The van der Waals surface area contributed by atoms with Crippen LogP contribution in [0.25, 0.3) is 0 Å². The van der Waals surface area contributed by atoms with Crippen LogP contribution in [0.4, 0.5) is 11.4 Å². The summed E-state index contributed by atoms with van der Waals surface area (Å²) >= 11 is 0. The number of nitro benzene ring substituents is 1. The molecule has 1 amide bonds. The Labute approximate surface area is 161 Å². The van der Waals surface area contributed by atoms with E-state index in [4.69, 9.17) is 14.2 Å². The molecule has 0 aliphatic heterocycles. The number of hydrogen-bond donors (Lipinski definition) is 1. The van der Waals surface area contributed by atoms with E-state index in [1.807, 2.05) is 19.1 Å². The summed E-state index contributed by atoms with van der Waals surface area (Å²) in [6.45, 7) is 1.42. The van der Waals surface area contributed by atoms with Crippen molar-refractivity contribution in [3.05, 3.63) is 57.6 Å². The minimum absolute atomic E-state index is 0.0963. The molecule has 2 aromatic rings. The normalized spacial score (nSPS) is 10.1. The number of amides is 1. The fourth-order valence-corrected chi connectivity index (χ4v) is 2.41. The number of nitrogens with zero attached hydrogens (tertiary/aromatic N) is 1. The Morgan fingerprint density at radius 2 is 1.68 bits per heavy atom. The van der Waals surface area contributed by atoms with E-state index < -0.39 is 29.1 Å². The molecule has 0 fully saturated rings. The van der Waals surface area contributed by atoms with E-state index in [1.54, 1.807) is 12.1 Å². The fraction of sp³-hybridized carbons (Fsp3) is 0.263. The van der Waals surface area contributed by atoms with E-state index >= 15 is 0 Å². The standard InChI is InChI=1S/C19H20N2O7/c1-4-12-5-7-13(8-6-12)20-18(22)11-28-19(23)14-9-16(26-2)17(27-3)10-15(14)21(24)25/h5-10H,4,11H2,1-3H3,(H,20,22). The highest BCUT2D eigenvalue weighted by Crippen LogP contribution is 2.34. The van der Waals surface area contributed by atoms with Crippen LogP contribution in [-0.4, -0.2) is 37.6 Å². The first-order chi connectivity index (χ1) is 13.4. The first-order valence-corrected chi connectivity index (χ1v) is 8.35. The van der Waals surface area contributed by atoms with Gasteiger partial charge in [0, 0.05) is 11.8 Å². The van der Waals surface area contributed by atoms with Crippen molar-refractivity contribution in [2.45, 2.75) is 13.3 Å². The van der Waals surface area contributed by atoms with E-state index in [0.29, 0.717) is 5.69 Å². The van der Waals surface area contributed by atoms with Crippen molar-refractivity contribution in [3.8, 4) is 11.5 Å². The lowest BCUT2D eigenvalue weighted by Crippen LogP contribution is -2.21. The molecule has 0 spiro atoms. The zero-order chi connectivity index (χ0) is 20.7. The van der Waals surface area contributed by atoms with Crippen molar-refractivity contribution in [1.82, 2.24) is 0 Å². The number of esters is 1. The molecule has 2 aromatic carbocycles. The average molecular weight is 388 g/mol. The second-order valence-corrected chi connectivity index (χ2v) is 5.66. The monoisotopic (exact) mass is 388 g/mol. The zero-order valence-electron chi connectivity index (χ0n) is 15.7. The van der Waals surface area contributed by atoms with Crippen LogP contribution in [0.2, 0.25) is 0 Å². The molecule has 0 heterocycles. The van der Waals surface area contributed by atoms with Crippen LogP contribution in [0.3, 0.4) is 0 Å². The van der Waals surface area contributed by atoms with Gasteiger partial charge in [0.2, 0.25) is 0 Å². The van der Waals surface area contributed by atoms with E-state index in [9.17, 15) is 19.7 Å². The number of hydrogen-bond acceptors (Lipinski definition) is 7. The van der Waals surface area contributed by atoms with Gasteiger partial charge in [0.15, 0.2) is 18.1 Å². The average Bonchev–Trinajstić information content (AvgIpc) is 2.71. The smallest absolute Gasteiger partial charge is 0.345 e. The number of nitrogens with one attached hydrogen (secondary N) is 1. The SMILES string of the molecule is CCc1ccc(NC(=O)COC(=O)c2cc(OC)c(OC)cc2[N+](=O)[O-])cc1. The zero-order valence-corrected chi connectivity index (χ0v) is 15.7. The van der Waals surface area contributed by atoms with Crippen molar-refractivity contribution < 1.29 is 28.7 Å². The third-order valence-corrected chi connectivity index (χ3v) is 3.90. The highest BCUT2D eigenvalue weighted by molar-refractivity contribution is 5.98. The summed E-state index contributed by atoms with van der Waals surface area (Å²) in [5, 5.41) is 13.8. The van der Waals surface area contributed by atoms with Crippen molar-refractivity contribution >= 4 is 23.3 Å². The Morgan fingerprint density at radius 1 is 1.07 bits per heavy atom. The van der Waals surface area contributed by atoms with E-state index in [-0.39, 0.29) is 17.1 Å². The van der Waals surface area contributed by atoms with Gasteiger partial charge in [0.05, 0.1) is 25.2 Å². The molecule has 0 radical (unpaired) electrons. The summed E-state index contributed by atoms with van der Waals surface area (Å²) in [6, 6.07) is 9.41. The highest BCUT2D eigenvalue weighted by atomic mass is 16.6. The Hall–Kier alpha value is -3.62. The molecule has 2 rings (SSSR count). The van der Waals surface area contributed by atoms with Crippen molar-refractivity contribution in [2.75, 3.05) is 26.1 Å². The minimum atomic E-state index is -1.02. The summed E-state index contributed by atoms with van der Waals surface area (Å²) in [6.07, 6.45) is 0.871. The van der Waals surface area contributed by atoms with Gasteiger partial charge in [-0.05, 0) is 24.1 Å². The second-order valence-electron chi connectivity index (χ2n) is 5.66. The molecule has 1 N–H and O–H groups in total. The number of aryl methyl sites for hydroxylation is 1. The molecule has 9 heteroatoms. The largest absolute Gasteiger partial charge is 0.493 e. The molecule has 0 aliphatic carbocycles. The molecule has 0 unspecified atom stereocenters. The Bertz CT molecular complexity index is 879. The van der Waals surface area contributed by atoms with E-state index in [2.05, 4.69) is 5.32 Å². The predicted molar refractivity (Wildman–Crippen MR) is 101 cm³/mol. The number of anilines is 1. The molecule has 28 heavy (non-hydrogen) atoms. The second kappa shape index (κ2) is 9.36. The molecule has 0 aromatic heterocycles. The van der Waals surface area contributed by atoms with Gasteiger partial charge < -0.3 is 19.5 Å². The van der Waals surface area contributed by atoms with Gasteiger partial charge in [0.1, 0.15) is 5.56 Å². The maximum Gasteiger partial charge on any atom is 0.345 e. The predicted octanol–water partition coefficient (Wildman–Crippen LogP) is 2.97. The van der Waals surface area contributed by atoms with Gasteiger partial charge in [-0.25, -0.2) is 4.79 Å². The Balaban J connectivity index is 2.09. The van der Waals surface area contributed by atoms with E-state index in [1.165, 1.54) is 14.2 Å². The quantitative estimate of drug-likeness (QED) is 0.420. The number of methoxy groups -OCH3 is 2. The Morgan fingerprint density at radius 3 is 2.21 bits per heavy atom. The summed E-state index contributed by atoms with van der Waals surface area (Å²) in [5.74, 6) is -1.37. The number of benzene rings is 2. The lowest BCUT2D eigenvalue weighted by molar-refractivity contribution is -0.385. The summed E-state index contributed by atoms with van der Waals surface area (Å²) in [5.41, 5.74) is 0.807. The Kier molecular flexibility index (Phi) is 6.91. The van der Waals surface area contributed by atoms with Gasteiger partial charge >= 0.3 is 5.97 Å². The number of ether oxygens (including phenoxy) is 3. The third kappa shape index (κ3) is 4.97. The van der Waals surface area contributed by atoms with Gasteiger partial charge in [0.25, 0.3) is 11.6 Å². The first kappa shape index (κ1) is 20.7. The van der Waals surface area contributed by atoms with Crippen LogP contribution >= 0.6 is 0 Å². The van der Waals surface area contributed by atoms with Crippen LogP contribution in [0, 0.1) is 10.1 Å². The lowest BCUT2D eigenvalue weighted by Gasteiger charge is -2.11. The third-order valence-electron chi connectivity index (χ3n) is 3.90. The summed E-state index contributed by atoms with van der Waals surface area (Å²) < 4.78 is 15.0. The number of carbonyl (C=O) groups is 2. The fourth-order valence-electron chi connectivity index (χ4n) is 2.41. The molecule has 148 valence electrons. The molecule has 0 saturated heterocycles. The highest BCUT2D eigenvalue weighted by Gasteiger charge is 2.26. The summed E-state index contributed by atoms with van der Waals surface area (Å²) in [4.78, 5) is 34.8.